The molecule has 0 unspecified atom stereocenters. The monoisotopic (exact) mass is 329 g/mol. The molecule has 23 heavy (non-hydrogen) atoms. The standard InChI is InChI=1S/C17H12ClNO4/c1-21-14-5-9(6-15-16(14)23-8-22-15)4-12-11-3-2-10(18)7-13(11)19-17(12)20/h2-7H,8H2,1H3,(H,19,20)/b12-4+. The van der Waals surface area contributed by atoms with E-state index in [0.29, 0.717) is 33.5 Å². The third-order valence-electron chi connectivity index (χ3n) is 3.76. The third kappa shape index (κ3) is 2.29. The molecule has 2 aliphatic rings. The molecule has 6 heteroatoms. The fourth-order valence-electron chi connectivity index (χ4n) is 2.71. The summed E-state index contributed by atoms with van der Waals surface area (Å²) >= 11 is 5.96. The zero-order valence-electron chi connectivity index (χ0n) is 12.2. The second-order valence-electron chi connectivity index (χ2n) is 5.16. The molecule has 2 aliphatic heterocycles. The summed E-state index contributed by atoms with van der Waals surface area (Å²) < 4.78 is 16.1. The lowest BCUT2D eigenvalue weighted by atomic mass is 10.0. The molecule has 0 saturated carbocycles. The number of fused-ring (bicyclic) bond motifs is 2. The van der Waals surface area contributed by atoms with Crippen molar-refractivity contribution in [2.24, 2.45) is 0 Å². The number of anilines is 1. The summed E-state index contributed by atoms with van der Waals surface area (Å²) in [6.45, 7) is 0.160. The molecular formula is C17H12ClNO4. The average Bonchev–Trinajstić information content (AvgIpc) is 3.11. The first kappa shape index (κ1) is 14.0. The van der Waals surface area contributed by atoms with Crippen molar-refractivity contribution >= 4 is 34.8 Å². The van der Waals surface area contributed by atoms with Crippen LogP contribution in [0.3, 0.4) is 0 Å². The normalized spacial score (nSPS) is 16.4. The summed E-state index contributed by atoms with van der Waals surface area (Å²) in [6, 6.07) is 8.94. The van der Waals surface area contributed by atoms with Crippen LogP contribution in [0.15, 0.2) is 30.3 Å². The molecular weight excluding hydrogens is 318 g/mol. The number of benzene rings is 2. The number of hydrogen-bond acceptors (Lipinski definition) is 4. The first-order valence-corrected chi connectivity index (χ1v) is 7.34. The predicted octanol–water partition coefficient (Wildman–Crippen LogP) is 3.57. The SMILES string of the molecule is COc1cc(/C=C2/C(=O)Nc3cc(Cl)ccc32)cc2c1OCO2. The lowest BCUT2D eigenvalue weighted by molar-refractivity contribution is -0.110. The largest absolute Gasteiger partial charge is 0.493 e. The highest BCUT2D eigenvalue weighted by Crippen LogP contribution is 2.43. The number of carbonyl (C=O) groups excluding carboxylic acids is 1. The molecule has 0 fully saturated rings. The van der Waals surface area contributed by atoms with Crippen LogP contribution in [0.4, 0.5) is 5.69 Å². The Morgan fingerprint density at radius 2 is 2.13 bits per heavy atom. The molecule has 1 N–H and O–H groups in total. The van der Waals surface area contributed by atoms with Crippen molar-refractivity contribution in [2.75, 3.05) is 19.2 Å². The minimum absolute atomic E-state index is 0.160. The Labute approximate surface area is 137 Å². The summed E-state index contributed by atoms with van der Waals surface area (Å²) in [6.07, 6.45) is 1.79. The van der Waals surface area contributed by atoms with Crippen LogP contribution in [-0.4, -0.2) is 19.8 Å². The predicted molar refractivity (Wildman–Crippen MR) is 87.1 cm³/mol. The molecule has 0 spiro atoms. The molecule has 4 rings (SSSR count). The summed E-state index contributed by atoms with van der Waals surface area (Å²) in [5.74, 6) is 1.59. The quantitative estimate of drug-likeness (QED) is 0.856. The Morgan fingerprint density at radius 1 is 1.26 bits per heavy atom. The number of methoxy groups -OCH3 is 1. The van der Waals surface area contributed by atoms with E-state index in [1.165, 1.54) is 0 Å². The average molecular weight is 330 g/mol. The Hall–Kier alpha value is -2.66. The van der Waals surface area contributed by atoms with Gasteiger partial charge in [0.15, 0.2) is 11.5 Å². The van der Waals surface area contributed by atoms with E-state index in [9.17, 15) is 4.79 Å². The lowest BCUT2D eigenvalue weighted by Crippen LogP contribution is -2.03. The molecule has 0 aromatic heterocycles. The fourth-order valence-corrected chi connectivity index (χ4v) is 2.88. The van der Waals surface area contributed by atoms with Crippen LogP contribution >= 0.6 is 11.6 Å². The van der Waals surface area contributed by atoms with Gasteiger partial charge in [0.2, 0.25) is 12.5 Å². The number of nitrogens with one attached hydrogen (secondary N) is 1. The minimum atomic E-state index is -0.168. The van der Waals surface area contributed by atoms with Gasteiger partial charge >= 0.3 is 0 Å². The van der Waals surface area contributed by atoms with E-state index in [2.05, 4.69) is 5.32 Å². The van der Waals surface area contributed by atoms with Crippen LogP contribution < -0.4 is 19.5 Å². The second-order valence-corrected chi connectivity index (χ2v) is 5.60. The van der Waals surface area contributed by atoms with Crippen molar-refractivity contribution in [3.8, 4) is 17.2 Å². The first-order chi connectivity index (χ1) is 11.2. The molecule has 2 aromatic carbocycles. The van der Waals surface area contributed by atoms with E-state index in [-0.39, 0.29) is 12.7 Å². The molecule has 0 radical (unpaired) electrons. The molecule has 116 valence electrons. The summed E-state index contributed by atoms with van der Waals surface area (Å²) in [5.41, 5.74) is 2.88. The van der Waals surface area contributed by atoms with Gasteiger partial charge < -0.3 is 19.5 Å². The van der Waals surface area contributed by atoms with Gasteiger partial charge in [0.1, 0.15) is 0 Å². The van der Waals surface area contributed by atoms with Gasteiger partial charge in [0, 0.05) is 16.2 Å². The maximum absolute atomic E-state index is 12.2. The smallest absolute Gasteiger partial charge is 0.256 e. The van der Waals surface area contributed by atoms with E-state index >= 15 is 0 Å². The number of amides is 1. The second kappa shape index (κ2) is 5.21. The van der Waals surface area contributed by atoms with E-state index in [1.807, 2.05) is 18.2 Å². The van der Waals surface area contributed by atoms with Gasteiger partial charge in [-0.15, -0.1) is 0 Å². The van der Waals surface area contributed by atoms with Crippen molar-refractivity contribution in [2.45, 2.75) is 0 Å². The van der Waals surface area contributed by atoms with Gasteiger partial charge in [-0.3, -0.25) is 4.79 Å². The number of halogens is 1. The number of hydrogen-bond donors (Lipinski definition) is 1. The highest BCUT2D eigenvalue weighted by atomic mass is 35.5. The Morgan fingerprint density at radius 3 is 2.96 bits per heavy atom. The first-order valence-electron chi connectivity index (χ1n) is 6.96. The van der Waals surface area contributed by atoms with Crippen LogP contribution in [0.5, 0.6) is 17.2 Å². The van der Waals surface area contributed by atoms with Crippen molar-refractivity contribution in [3.05, 3.63) is 46.5 Å². The van der Waals surface area contributed by atoms with Crippen LogP contribution in [0, 0.1) is 0 Å². The molecule has 2 heterocycles. The van der Waals surface area contributed by atoms with Gasteiger partial charge in [0.25, 0.3) is 5.91 Å². The number of rotatable bonds is 2. The van der Waals surface area contributed by atoms with Gasteiger partial charge in [-0.05, 0) is 35.9 Å². The molecule has 0 bridgehead atoms. The third-order valence-corrected chi connectivity index (χ3v) is 3.99. The van der Waals surface area contributed by atoms with Crippen molar-refractivity contribution in [1.29, 1.82) is 0 Å². The summed E-state index contributed by atoms with van der Waals surface area (Å²) in [4.78, 5) is 12.2. The minimum Gasteiger partial charge on any atom is -0.493 e. The highest BCUT2D eigenvalue weighted by Gasteiger charge is 2.25. The van der Waals surface area contributed by atoms with Crippen molar-refractivity contribution in [1.82, 2.24) is 0 Å². The highest BCUT2D eigenvalue weighted by molar-refractivity contribution is 6.36. The van der Waals surface area contributed by atoms with E-state index in [0.717, 1.165) is 11.1 Å². The number of ether oxygens (including phenoxy) is 3. The van der Waals surface area contributed by atoms with Crippen molar-refractivity contribution in [3.63, 3.8) is 0 Å². The van der Waals surface area contributed by atoms with Crippen LogP contribution in [-0.2, 0) is 4.79 Å². The molecule has 1 amide bonds. The van der Waals surface area contributed by atoms with E-state index < -0.39 is 0 Å². The van der Waals surface area contributed by atoms with Gasteiger partial charge in [0.05, 0.1) is 12.8 Å². The van der Waals surface area contributed by atoms with Crippen LogP contribution in [0.2, 0.25) is 5.02 Å². The maximum Gasteiger partial charge on any atom is 0.256 e. The molecule has 0 saturated heterocycles. The summed E-state index contributed by atoms with van der Waals surface area (Å²) in [7, 11) is 1.56. The van der Waals surface area contributed by atoms with Gasteiger partial charge in [-0.2, -0.15) is 0 Å². The summed E-state index contributed by atoms with van der Waals surface area (Å²) in [5, 5.41) is 3.39. The molecule has 5 nitrogen and oxygen atoms in total. The zero-order valence-corrected chi connectivity index (χ0v) is 12.9. The van der Waals surface area contributed by atoms with Crippen molar-refractivity contribution < 1.29 is 19.0 Å². The fraction of sp³-hybridized carbons (Fsp3) is 0.118. The molecule has 0 atom stereocenters. The Bertz CT molecular complexity index is 860. The molecule has 2 aromatic rings. The lowest BCUT2D eigenvalue weighted by Gasteiger charge is -2.06. The maximum atomic E-state index is 12.2. The van der Waals surface area contributed by atoms with Crippen LogP contribution in [0.25, 0.3) is 11.6 Å². The Balaban J connectivity index is 1.81. The Kier molecular flexibility index (Phi) is 3.16. The van der Waals surface area contributed by atoms with Crippen LogP contribution in [0.1, 0.15) is 11.1 Å². The topological polar surface area (TPSA) is 56.8 Å². The zero-order chi connectivity index (χ0) is 16.0. The van der Waals surface area contributed by atoms with E-state index in [4.69, 9.17) is 25.8 Å². The van der Waals surface area contributed by atoms with E-state index in [1.54, 1.807) is 25.3 Å². The molecule has 0 aliphatic carbocycles. The van der Waals surface area contributed by atoms with Gasteiger partial charge in [-0.25, -0.2) is 0 Å². The van der Waals surface area contributed by atoms with Gasteiger partial charge in [-0.1, -0.05) is 17.7 Å². The number of carbonyl (C=O) groups is 1.